The summed E-state index contributed by atoms with van der Waals surface area (Å²) < 4.78 is 147. The van der Waals surface area contributed by atoms with Crippen molar-refractivity contribution in [3.8, 4) is 17.2 Å². The molecule has 58 heavy (non-hydrogen) atoms. The molecule has 0 aliphatic rings. The minimum Gasteiger partial charge on any atom is -0.489 e. The lowest BCUT2D eigenvalue weighted by molar-refractivity contribution is -0.953. The maximum absolute atomic E-state index is 16.2. The fourth-order valence-electron chi connectivity index (χ4n) is 7.68. The van der Waals surface area contributed by atoms with Gasteiger partial charge < -0.3 is 18.4 Å². The molecule has 0 amide bonds. The van der Waals surface area contributed by atoms with Crippen LogP contribution in [0.1, 0.15) is 155 Å². The van der Waals surface area contributed by atoms with Crippen molar-refractivity contribution in [2.45, 2.75) is 149 Å². The first-order valence-corrected chi connectivity index (χ1v) is 21.1. The van der Waals surface area contributed by atoms with Crippen molar-refractivity contribution in [2.24, 2.45) is 0 Å². The van der Waals surface area contributed by atoms with Crippen molar-refractivity contribution < 1.29 is 58.0 Å². The Hall–Kier alpha value is -3.55. The molecular formula is C44H60BF9NO3+. The summed E-state index contributed by atoms with van der Waals surface area (Å²) >= 11 is 0. The van der Waals surface area contributed by atoms with Gasteiger partial charge in [-0.3, -0.25) is 0 Å². The van der Waals surface area contributed by atoms with E-state index in [1.165, 1.54) is 70.6 Å². The van der Waals surface area contributed by atoms with Gasteiger partial charge in [0.25, 0.3) is 0 Å². The number of quaternary nitrogens is 1. The van der Waals surface area contributed by atoms with Crippen LogP contribution in [0, 0.1) is 52.4 Å². The number of benzene rings is 3. The van der Waals surface area contributed by atoms with Gasteiger partial charge >= 0.3 is 7.32 Å². The maximum Gasteiger partial charge on any atom is 0.864 e. The highest BCUT2D eigenvalue weighted by Gasteiger charge is 2.42. The molecule has 0 bridgehead atoms. The average molecular weight is 833 g/mol. The van der Waals surface area contributed by atoms with Gasteiger partial charge in [-0.15, -0.1) is 0 Å². The van der Waals surface area contributed by atoms with Gasteiger partial charge in [-0.25, -0.2) is 39.5 Å². The van der Waals surface area contributed by atoms with Gasteiger partial charge in [0, 0.05) is 36.8 Å². The zero-order valence-electron chi connectivity index (χ0n) is 34.5. The van der Waals surface area contributed by atoms with Gasteiger partial charge in [-0.05, 0) is 27.2 Å². The molecule has 0 spiro atoms. The molecule has 0 saturated carbocycles. The SMILES string of the molecule is CCCCCCCCCCCCCCCCCCCC(c1c(OB(Oc2cc(F)c(F)c(F)c2)Oc2cc(F)c(F)c(F)c2)cc(F)c(F)c1F)[N+](CC)(CC)CC. The van der Waals surface area contributed by atoms with Crippen molar-refractivity contribution in [3.63, 3.8) is 0 Å². The molecule has 4 nitrogen and oxygen atoms in total. The van der Waals surface area contributed by atoms with E-state index in [-0.39, 0.29) is 10.0 Å². The summed E-state index contributed by atoms with van der Waals surface area (Å²) in [6, 6.07) is 1.39. The third-order valence-corrected chi connectivity index (χ3v) is 11.2. The number of unbranched alkanes of at least 4 members (excludes halogenated alkanes) is 16. The van der Waals surface area contributed by atoms with Crippen molar-refractivity contribution >= 4 is 7.32 Å². The predicted octanol–water partition coefficient (Wildman–Crippen LogP) is 14.4. The van der Waals surface area contributed by atoms with Crippen LogP contribution in [0.3, 0.4) is 0 Å². The van der Waals surface area contributed by atoms with E-state index in [1.54, 1.807) is 0 Å². The second-order valence-electron chi connectivity index (χ2n) is 15.1. The van der Waals surface area contributed by atoms with Crippen LogP contribution in [-0.4, -0.2) is 31.4 Å². The molecule has 14 heteroatoms. The van der Waals surface area contributed by atoms with Gasteiger partial charge in [0.15, 0.2) is 52.4 Å². The lowest BCUT2D eigenvalue weighted by Crippen LogP contribution is -2.51. The number of rotatable bonds is 29. The van der Waals surface area contributed by atoms with Gasteiger partial charge in [0.1, 0.15) is 23.3 Å². The fraction of sp³-hybridized carbons (Fsp3) is 0.591. The van der Waals surface area contributed by atoms with Gasteiger partial charge in [-0.2, -0.15) is 0 Å². The molecule has 0 heterocycles. The molecule has 1 unspecified atom stereocenters. The van der Waals surface area contributed by atoms with E-state index >= 15 is 8.78 Å². The van der Waals surface area contributed by atoms with E-state index in [0.717, 1.165) is 32.1 Å². The summed E-state index contributed by atoms with van der Waals surface area (Å²) in [5.74, 6) is -17.5. The van der Waals surface area contributed by atoms with E-state index in [1.807, 2.05) is 20.8 Å². The van der Waals surface area contributed by atoms with E-state index in [0.29, 0.717) is 62.8 Å². The molecule has 324 valence electrons. The normalized spacial score (nSPS) is 12.2. The second-order valence-corrected chi connectivity index (χ2v) is 15.1. The highest BCUT2D eigenvalue weighted by atomic mass is 19.2. The van der Waals surface area contributed by atoms with Crippen LogP contribution in [0.4, 0.5) is 39.5 Å². The highest BCUT2D eigenvalue weighted by Crippen LogP contribution is 2.42. The van der Waals surface area contributed by atoms with Crippen molar-refractivity contribution in [1.29, 1.82) is 0 Å². The second kappa shape index (κ2) is 25.2. The maximum atomic E-state index is 16.2. The summed E-state index contributed by atoms with van der Waals surface area (Å²) in [4.78, 5) is 0. The Labute approximate surface area is 339 Å². The molecule has 0 aliphatic carbocycles. The van der Waals surface area contributed by atoms with Crippen LogP contribution >= 0.6 is 0 Å². The lowest BCUT2D eigenvalue weighted by Gasteiger charge is -2.44. The van der Waals surface area contributed by atoms with Crippen LogP contribution in [0.5, 0.6) is 17.2 Å². The summed E-state index contributed by atoms with van der Waals surface area (Å²) in [5, 5.41) is 0. The average Bonchev–Trinajstić information content (AvgIpc) is 3.19. The topological polar surface area (TPSA) is 27.7 Å². The largest absolute Gasteiger partial charge is 0.864 e. The fourth-order valence-corrected chi connectivity index (χ4v) is 7.68. The zero-order valence-corrected chi connectivity index (χ0v) is 34.5. The van der Waals surface area contributed by atoms with Gasteiger partial charge in [0.2, 0.25) is 0 Å². The van der Waals surface area contributed by atoms with Crippen LogP contribution in [0.25, 0.3) is 0 Å². The third kappa shape index (κ3) is 14.3. The van der Waals surface area contributed by atoms with E-state index in [9.17, 15) is 30.7 Å². The molecule has 3 rings (SSSR count). The van der Waals surface area contributed by atoms with Gasteiger partial charge in [-0.1, -0.05) is 110 Å². The molecule has 0 saturated heterocycles. The Kier molecular flexibility index (Phi) is 21.2. The number of hydrogen-bond donors (Lipinski definition) is 0. The van der Waals surface area contributed by atoms with E-state index < -0.39 is 83.0 Å². The molecule has 0 radical (unpaired) electrons. The molecule has 3 aromatic carbocycles. The summed E-state index contributed by atoms with van der Waals surface area (Å²) in [6.45, 7) is 9.28. The van der Waals surface area contributed by atoms with E-state index in [2.05, 4.69) is 6.92 Å². The zero-order chi connectivity index (χ0) is 42.7. The predicted molar refractivity (Wildman–Crippen MR) is 210 cm³/mol. The molecule has 0 aliphatic heterocycles. The number of hydrogen-bond acceptors (Lipinski definition) is 3. The lowest BCUT2D eigenvalue weighted by atomic mass is 9.93. The first-order chi connectivity index (χ1) is 27.8. The molecule has 0 N–H and O–H groups in total. The Balaban J connectivity index is 1.77. The van der Waals surface area contributed by atoms with Crippen LogP contribution in [-0.2, 0) is 0 Å². The summed E-state index contributed by atoms with van der Waals surface area (Å²) in [6.07, 6.45) is 20.2. The van der Waals surface area contributed by atoms with E-state index in [4.69, 9.17) is 14.0 Å². The van der Waals surface area contributed by atoms with Crippen LogP contribution in [0.2, 0.25) is 0 Å². The Morgan fingerprint density at radius 1 is 0.431 bits per heavy atom. The Morgan fingerprint density at radius 3 is 1.14 bits per heavy atom. The van der Waals surface area contributed by atoms with Crippen molar-refractivity contribution in [1.82, 2.24) is 0 Å². The molecule has 0 fully saturated rings. The summed E-state index contributed by atoms with van der Waals surface area (Å²) in [7, 11) is -2.33. The highest BCUT2D eigenvalue weighted by molar-refractivity contribution is 6.39. The van der Waals surface area contributed by atoms with Crippen molar-refractivity contribution in [2.75, 3.05) is 19.6 Å². The third-order valence-electron chi connectivity index (χ3n) is 11.2. The summed E-state index contributed by atoms with van der Waals surface area (Å²) in [5.41, 5.74) is -0.369. The first-order valence-electron chi connectivity index (χ1n) is 21.1. The molecule has 3 aromatic rings. The minimum absolute atomic E-state index is 0.229. The minimum atomic E-state index is -2.33. The molecule has 0 aromatic heterocycles. The molecule has 1 atom stereocenters. The smallest absolute Gasteiger partial charge is 0.489 e. The van der Waals surface area contributed by atoms with Crippen LogP contribution in [0.15, 0.2) is 30.3 Å². The standard InChI is InChI=1S/C44H60BF9NO3/c1-5-9-10-11-12-13-14-15-16-17-18-19-20-21-22-23-24-25-38(55(6-2,7-3)8-4)40-39(30-37(50)43(53)44(40)54)58-45(56-31-26-33(46)41(51)34(47)27-31)57-32-28-35(48)42(52)36(49)29-32/h26-30,38H,5-25H2,1-4H3/q+1. The monoisotopic (exact) mass is 832 g/mol. The Morgan fingerprint density at radius 2 is 0.776 bits per heavy atom. The first kappa shape index (κ1) is 48.8. The number of halogens is 9. The van der Waals surface area contributed by atoms with Gasteiger partial charge in [0.05, 0.1) is 25.2 Å². The quantitative estimate of drug-likeness (QED) is 0.0229. The Bertz CT molecular complexity index is 1580. The number of nitrogens with zero attached hydrogens (tertiary/aromatic N) is 1. The van der Waals surface area contributed by atoms with Crippen molar-refractivity contribution in [3.05, 3.63) is 88.3 Å². The van der Waals surface area contributed by atoms with Crippen LogP contribution < -0.4 is 14.0 Å². The molecular weight excluding hydrogens is 772 g/mol.